The van der Waals surface area contributed by atoms with E-state index in [-0.39, 0.29) is 5.75 Å². The largest absolute Gasteiger partial charge is 0.482 e. The molecule has 0 saturated carbocycles. The van der Waals surface area contributed by atoms with Crippen molar-refractivity contribution in [1.82, 2.24) is 0 Å². The van der Waals surface area contributed by atoms with Gasteiger partial charge < -0.3 is 9.84 Å². The molecular weight excluding hydrogens is 209 g/mol. The van der Waals surface area contributed by atoms with Gasteiger partial charge in [0.05, 0.1) is 4.92 Å². The van der Waals surface area contributed by atoms with Crippen LogP contribution in [0.25, 0.3) is 0 Å². The number of hydrogen-bond acceptors (Lipinski definition) is 4. The van der Waals surface area contributed by atoms with Gasteiger partial charge in [0.2, 0.25) is 5.82 Å². The fourth-order valence-electron chi connectivity index (χ4n) is 0.871. The molecule has 0 unspecified atom stereocenters. The minimum Gasteiger partial charge on any atom is -0.482 e. The van der Waals surface area contributed by atoms with Gasteiger partial charge in [-0.05, 0) is 6.07 Å². The molecule has 0 aliphatic carbocycles. The Balaban J connectivity index is 2.82. The number of carboxylic acids is 1. The van der Waals surface area contributed by atoms with Crippen molar-refractivity contribution in [2.45, 2.75) is 0 Å². The fraction of sp³-hybridized carbons (Fsp3) is 0.125. The van der Waals surface area contributed by atoms with Crippen LogP contribution in [0.2, 0.25) is 0 Å². The lowest BCUT2D eigenvalue weighted by atomic mass is 10.3. The SMILES string of the molecule is O=C(O)COc1ccc([N+](=O)[O-])c(F)c1. The van der Waals surface area contributed by atoms with Gasteiger partial charge in [-0.15, -0.1) is 0 Å². The second kappa shape index (κ2) is 4.36. The van der Waals surface area contributed by atoms with Crippen LogP contribution in [-0.4, -0.2) is 22.6 Å². The van der Waals surface area contributed by atoms with Gasteiger partial charge in [-0.25, -0.2) is 4.79 Å². The number of nitrogens with zero attached hydrogens (tertiary/aromatic N) is 1. The molecule has 0 aliphatic rings. The lowest BCUT2D eigenvalue weighted by Crippen LogP contribution is -2.09. The van der Waals surface area contributed by atoms with Gasteiger partial charge in [-0.3, -0.25) is 10.1 Å². The molecule has 6 nitrogen and oxygen atoms in total. The summed E-state index contributed by atoms with van der Waals surface area (Å²) in [4.78, 5) is 19.5. The number of carbonyl (C=O) groups is 1. The first-order chi connectivity index (χ1) is 7.00. The number of ether oxygens (including phenoxy) is 1. The Morgan fingerprint density at radius 3 is 2.73 bits per heavy atom. The van der Waals surface area contributed by atoms with Crippen molar-refractivity contribution >= 4 is 11.7 Å². The highest BCUT2D eigenvalue weighted by molar-refractivity contribution is 5.68. The van der Waals surface area contributed by atoms with Crippen LogP contribution in [0.4, 0.5) is 10.1 Å². The molecule has 0 aromatic heterocycles. The van der Waals surface area contributed by atoms with Gasteiger partial charge in [-0.2, -0.15) is 4.39 Å². The minimum absolute atomic E-state index is 0.0690. The van der Waals surface area contributed by atoms with Crippen LogP contribution in [0.15, 0.2) is 18.2 Å². The van der Waals surface area contributed by atoms with Gasteiger partial charge in [0.25, 0.3) is 0 Å². The Bertz CT molecular complexity index is 406. The van der Waals surface area contributed by atoms with Crippen LogP contribution in [0.1, 0.15) is 0 Å². The Labute approximate surface area is 83.0 Å². The Morgan fingerprint density at radius 2 is 2.27 bits per heavy atom. The molecule has 0 saturated heterocycles. The van der Waals surface area contributed by atoms with E-state index in [1.54, 1.807) is 0 Å². The molecule has 0 heterocycles. The molecule has 0 amide bonds. The number of rotatable bonds is 4. The predicted octanol–water partition coefficient (Wildman–Crippen LogP) is 1.20. The first-order valence-corrected chi connectivity index (χ1v) is 3.79. The quantitative estimate of drug-likeness (QED) is 0.601. The summed E-state index contributed by atoms with van der Waals surface area (Å²) in [5, 5.41) is 18.5. The zero-order chi connectivity index (χ0) is 11.4. The number of carboxylic acid groups (broad SMARTS) is 1. The highest BCUT2D eigenvalue weighted by atomic mass is 19.1. The van der Waals surface area contributed by atoms with Crippen LogP contribution >= 0.6 is 0 Å². The van der Waals surface area contributed by atoms with Crippen molar-refractivity contribution in [2.75, 3.05) is 6.61 Å². The third-order valence-corrected chi connectivity index (χ3v) is 1.48. The highest BCUT2D eigenvalue weighted by Crippen LogP contribution is 2.22. The summed E-state index contributed by atoms with van der Waals surface area (Å²) < 4.78 is 17.6. The normalized spacial score (nSPS) is 9.67. The lowest BCUT2D eigenvalue weighted by molar-refractivity contribution is -0.387. The standard InChI is InChI=1S/C8H6FNO5/c9-6-3-5(15-4-8(11)12)1-2-7(6)10(13)14/h1-3H,4H2,(H,11,12). The van der Waals surface area contributed by atoms with E-state index < -0.39 is 29.0 Å². The number of nitro benzene ring substituents is 1. The third-order valence-electron chi connectivity index (χ3n) is 1.48. The van der Waals surface area contributed by atoms with E-state index in [9.17, 15) is 19.3 Å². The van der Waals surface area contributed by atoms with E-state index >= 15 is 0 Å². The van der Waals surface area contributed by atoms with Crippen LogP contribution in [0, 0.1) is 15.9 Å². The van der Waals surface area contributed by atoms with Crippen molar-refractivity contribution in [3.8, 4) is 5.75 Å². The van der Waals surface area contributed by atoms with E-state index in [1.807, 2.05) is 0 Å². The average Bonchev–Trinajstić information content (AvgIpc) is 2.14. The first kappa shape index (κ1) is 10.9. The molecule has 1 aromatic carbocycles. The minimum atomic E-state index is -1.21. The molecule has 15 heavy (non-hydrogen) atoms. The predicted molar refractivity (Wildman–Crippen MR) is 46.2 cm³/mol. The zero-order valence-corrected chi connectivity index (χ0v) is 7.34. The topological polar surface area (TPSA) is 89.7 Å². The highest BCUT2D eigenvalue weighted by Gasteiger charge is 2.14. The molecule has 80 valence electrons. The second-order valence-electron chi connectivity index (χ2n) is 2.55. The van der Waals surface area contributed by atoms with Gasteiger partial charge in [0.1, 0.15) is 5.75 Å². The van der Waals surface area contributed by atoms with Crippen molar-refractivity contribution in [3.05, 3.63) is 34.1 Å². The molecule has 0 fully saturated rings. The van der Waals surface area contributed by atoms with E-state index in [1.165, 1.54) is 0 Å². The average molecular weight is 215 g/mol. The Morgan fingerprint density at radius 1 is 1.60 bits per heavy atom. The first-order valence-electron chi connectivity index (χ1n) is 3.79. The Kier molecular flexibility index (Phi) is 3.17. The smallest absolute Gasteiger partial charge is 0.341 e. The summed E-state index contributed by atoms with van der Waals surface area (Å²) in [6, 6.07) is 2.80. The number of nitro groups is 1. The summed E-state index contributed by atoms with van der Waals surface area (Å²) >= 11 is 0. The van der Waals surface area contributed by atoms with Gasteiger partial charge in [0, 0.05) is 12.1 Å². The van der Waals surface area contributed by atoms with Crippen LogP contribution in [0.5, 0.6) is 5.75 Å². The molecule has 1 aromatic rings. The third kappa shape index (κ3) is 2.90. The maximum Gasteiger partial charge on any atom is 0.341 e. The van der Waals surface area contributed by atoms with Crippen LogP contribution in [-0.2, 0) is 4.79 Å². The maximum absolute atomic E-state index is 13.0. The maximum atomic E-state index is 13.0. The fourth-order valence-corrected chi connectivity index (χ4v) is 0.871. The molecule has 7 heteroatoms. The molecule has 1 N–H and O–H groups in total. The van der Waals surface area contributed by atoms with E-state index in [2.05, 4.69) is 4.74 Å². The van der Waals surface area contributed by atoms with Crippen LogP contribution < -0.4 is 4.74 Å². The molecule has 0 aliphatic heterocycles. The van der Waals surface area contributed by atoms with Gasteiger partial charge in [0.15, 0.2) is 6.61 Å². The monoisotopic (exact) mass is 215 g/mol. The number of halogens is 1. The van der Waals surface area contributed by atoms with E-state index in [0.717, 1.165) is 18.2 Å². The number of aliphatic carboxylic acids is 1. The molecule has 0 radical (unpaired) electrons. The summed E-state index contributed by atoms with van der Waals surface area (Å²) in [6.45, 7) is -0.628. The molecule has 1 rings (SSSR count). The van der Waals surface area contributed by atoms with E-state index in [4.69, 9.17) is 5.11 Å². The Hall–Kier alpha value is -2.18. The van der Waals surface area contributed by atoms with Crippen molar-refractivity contribution < 1.29 is 24.0 Å². The molecule has 0 spiro atoms. The molecule has 0 bridgehead atoms. The number of benzene rings is 1. The van der Waals surface area contributed by atoms with Crippen LogP contribution in [0.3, 0.4) is 0 Å². The molecular formula is C8H6FNO5. The number of hydrogen-bond donors (Lipinski definition) is 1. The van der Waals surface area contributed by atoms with Gasteiger partial charge in [-0.1, -0.05) is 0 Å². The zero-order valence-electron chi connectivity index (χ0n) is 7.34. The summed E-state index contributed by atoms with van der Waals surface area (Å²) in [5.41, 5.74) is -0.683. The summed E-state index contributed by atoms with van der Waals surface area (Å²) in [7, 11) is 0. The molecule has 0 atom stereocenters. The van der Waals surface area contributed by atoms with Crippen molar-refractivity contribution in [1.29, 1.82) is 0 Å². The van der Waals surface area contributed by atoms with Crippen molar-refractivity contribution in [3.63, 3.8) is 0 Å². The van der Waals surface area contributed by atoms with Gasteiger partial charge >= 0.3 is 11.7 Å². The second-order valence-corrected chi connectivity index (χ2v) is 2.55. The van der Waals surface area contributed by atoms with Crippen molar-refractivity contribution in [2.24, 2.45) is 0 Å². The summed E-state index contributed by atoms with van der Waals surface area (Å²) in [5.74, 6) is -2.35. The summed E-state index contributed by atoms with van der Waals surface area (Å²) in [6.07, 6.45) is 0. The van der Waals surface area contributed by atoms with E-state index in [0.29, 0.717) is 0 Å². The lowest BCUT2D eigenvalue weighted by Gasteiger charge is -2.02.